The lowest BCUT2D eigenvalue weighted by Gasteiger charge is -2.32. The number of anilines is 1. The Kier molecular flexibility index (Phi) is 3.67. The Hall–Kier alpha value is -4.01. The van der Waals surface area contributed by atoms with Gasteiger partial charge in [-0.25, -0.2) is 13.9 Å². The Labute approximate surface area is 170 Å². The van der Waals surface area contributed by atoms with Gasteiger partial charge in [0.1, 0.15) is 11.9 Å². The maximum atomic E-state index is 13.2. The number of nitrogens with zero attached hydrogens (tertiary/aromatic N) is 6. The minimum absolute atomic E-state index is 0.263. The molecule has 1 atom stereocenters. The van der Waals surface area contributed by atoms with Gasteiger partial charge in [-0.05, 0) is 42.5 Å². The number of rotatable bonds is 3. The molecule has 0 aliphatic carbocycles. The molecule has 1 aromatic carbocycles. The molecule has 1 aliphatic heterocycles. The van der Waals surface area contributed by atoms with Crippen LogP contribution in [0.4, 0.5) is 10.4 Å². The predicted molar refractivity (Wildman–Crippen MR) is 106 cm³/mol. The second-order valence-corrected chi connectivity index (χ2v) is 7.15. The van der Waals surface area contributed by atoms with E-state index in [1.165, 1.54) is 12.1 Å². The molecular weight excluding hydrogens is 385 g/mol. The first-order valence-electron chi connectivity index (χ1n) is 9.59. The summed E-state index contributed by atoms with van der Waals surface area (Å²) in [5.74, 6) is 0.0269. The summed E-state index contributed by atoms with van der Waals surface area (Å²) in [6.45, 7) is 0.665. The van der Waals surface area contributed by atoms with E-state index in [0.717, 1.165) is 29.0 Å². The minimum atomic E-state index is -0.313. The summed E-state index contributed by atoms with van der Waals surface area (Å²) in [6.07, 6.45) is 4.39. The normalized spacial score (nSPS) is 16.2. The molecule has 0 saturated heterocycles. The SMILES string of the molecule is Fc1ccc(-c2nnc(N3CCc4[nH]cnc4C3c3cc4ccccn4n3)o2)cc1. The summed E-state index contributed by atoms with van der Waals surface area (Å²) in [5, 5.41) is 13.2. The van der Waals surface area contributed by atoms with Gasteiger partial charge in [-0.15, -0.1) is 5.10 Å². The van der Waals surface area contributed by atoms with Crippen molar-refractivity contribution in [2.24, 2.45) is 0 Å². The van der Waals surface area contributed by atoms with Crippen LogP contribution in [0.2, 0.25) is 0 Å². The Morgan fingerprint density at radius 3 is 2.87 bits per heavy atom. The fraction of sp³-hybridized carbons (Fsp3) is 0.143. The van der Waals surface area contributed by atoms with Crippen molar-refractivity contribution < 1.29 is 8.81 Å². The van der Waals surface area contributed by atoms with Crippen LogP contribution in [0, 0.1) is 5.82 Å². The molecule has 4 aromatic heterocycles. The number of nitrogens with one attached hydrogen (secondary N) is 1. The molecule has 5 heterocycles. The number of pyridine rings is 1. The quantitative estimate of drug-likeness (QED) is 0.499. The number of benzene rings is 1. The van der Waals surface area contributed by atoms with Crippen LogP contribution in [0.15, 0.2) is 65.5 Å². The van der Waals surface area contributed by atoms with Crippen LogP contribution in [-0.2, 0) is 6.42 Å². The van der Waals surface area contributed by atoms with E-state index in [1.807, 2.05) is 39.9 Å². The van der Waals surface area contributed by atoms with Crippen molar-refractivity contribution in [3.8, 4) is 11.5 Å². The molecule has 1 aliphatic rings. The lowest BCUT2D eigenvalue weighted by Crippen LogP contribution is -2.36. The molecule has 0 spiro atoms. The van der Waals surface area contributed by atoms with Gasteiger partial charge in [0.15, 0.2) is 0 Å². The molecule has 148 valence electrons. The molecular formula is C21H16FN7O. The van der Waals surface area contributed by atoms with E-state index in [0.29, 0.717) is 24.0 Å². The highest BCUT2D eigenvalue weighted by Crippen LogP contribution is 2.37. The van der Waals surface area contributed by atoms with Crippen molar-refractivity contribution in [3.63, 3.8) is 0 Å². The van der Waals surface area contributed by atoms with E-state index in [4.69, 9.17) is 9.52 Å². The van der Waals surface area contributed by atoms with Gasteiger partial charge in [-0.2, -0.15) is 5.10 Å². The first-order chi connectivity index (χ1) is 14.8. The molecule has 8 nitrogen and oxygen atoms in total. The average molecular weight is 401 g/mol. The zero-order valence-electron chi connectivity index (χ0n) is 15.7. The van der Waals surface area contributed by atoms with Crippen LogP contribution < -0.4 is 4.90 Å². The molecule has 0 amide bonds. The Balaban J connectivity index is 1.43. The molecule has 1 unspecified atom stereocenters. The Morgan fingerprint density at radius 1 is 1.10 bits per heavy atom. The van der Waals surface area contributed by atoms with Gasteiger partial charge in [-0.1, -0.05) is 11.2 Å². The van der Waals surface area contributed by atoms with E-state index < -0.39 is 0 Å². The lowest BCUT2D eigenvalue weighted by molar-refractivity contribution is 0.503. The summed E-state index contributed by atoms with van der Waals surface area (Å²) in [6, 6.07) is 14.1. The van der Waals surface area contributed by atoms with Crippen molar-refractivity contribution in [1.82, 2.24) is 29.8 Å². The van der Waals surface area contributed by atoms with Crippen LogP contribution in [0.3, 0.4) is 0 Å². The van der Waals surface area contributed by atoms with Crippen LogP contribution in [0.1, 0.15) is 23.1 Å². The first-order valence-corrected chi connectivity index (χ1v) is 9.59. The summed E-state index contributed by atoms with van der Waals surface area (Å²) in [7, 11) is 0. The Morgan fingerprint density at radius 2 is 2.00 bits per heavy atom. The van der Waals surface area contributed by atoms with E-state index in [1.54, 1.807) is 18.5 Å². The molecule has 9 heteroatoms. The van der Waals surface area contributed by atoms with Gasteiger partial charge in [0.2, 0.25) is 5.89 Å². The number of halogens is 1. The lowest BCUT2D eigenvalue weighted by atomic mass is 10.0. The van der Waals surface area contributed by atoms with Gasteiger partial charge in [0.25, 0.3) is 0 Å². The molecule has 0 bridgehead atoms. The third kappa shape index (κ3) is 2.66. The fourth-order valence-electron chi connectivity index (χ4n) is 3.91. The minimum Gasteiger partial charge on any atom is -0.403 e. The van der Waals surface area contributed by atoms with Crippen molar-refractivity contribution >= 4 is 11.5 Å². The molecule has 6 rings (SSSR count). The summed E-state index contributed by atoms with van der Waals surface area (Å²) >= 11 is 0. The van der Waals surface area contributed by atoms with Crippen molar-refractivity contribution in [1.29, 1.82) is 0 Å². The second-order valence-electron chi connectivity index (χ2n) is 7.15. The van der Waals surface area contributed by atoms with Crippen molar-refractivity contribution in [2.45, 2.75) is 12.5 Å². The maximum absolute atomic E-state index is 13.2. The van der Waals surface area contributed by atoms with Crippen LogP contribution >= 0.6 is 0 Å². The zero-order valence-corrected chi connectivity index (χ0v) is 15.7. The molecule has 30 heavy (non-hydrogen) atoms. The topological polar surface area (TPSA) is 88.1 Å². The molecule has 0 radical (unpaired) electrons. The fourth-order valence-corrected chi connectivity index (χ4v) is 3.91. The number of hydrogen-bond acceptors (Lipinski definition) is 6. The Bertz CT molecular complexity index is 1300. The van der Waals surface area contributed by atoms with Gasteiger partial charge in [0, 0.05) is 30.4 Å². The maximum Gasteiger partial charge on any atom is 0.319 e. The summed E-state index contributed by atoms with van der Waals surface area (Å²) < 4.78 is 21.1. The third-order valence-electron chi connectivity index (χ3n) is 5.35. The van der Waals surface area contributed by atoms with Gasteiger partial charge in [-0.3, -0.25) is 0 Å². The van der Waals surface area contributed by atoms with Crippen molar-refractivity contribution in [3.05, 3.63) is 84.0 Å². The second kappa shape index (κ2) is 6.51. The van der Waals surface area contributed by atoms with E-state index >= 15 is 0 Å². The number of hydrogen-bond donors (Lipinski definition) is 1. The van der Waals surface area contributed by atoms with E-state index in [9.17, 15) is 4.39 Å². The van der Waals surface area contributed by atoms with Gasteiger partial charge in [0.05, 0.1) is 23.2 Å². The summed E-state index contributed by atoms with van der Waals surface area (Å²) in [5.41, 5.74) is 4.47. The highest BCUT2D eigenvalue weighted by molar-refractivity contribution is 5.55. The number of imidazole rings is 1. The van der Waals surface area contributed by atoms with Crippen LogP contribution in [0.25, 0.3) is 17.0 Å². The van der Waals surface area contributed by atoms with Crippen LogP contribution in [-0.4, -0.2) is 36.3 Å². The van der Waals surface area contributed by atoms with E-state index in [-0.39, 0.29) is 11.9 Å². The van der Waals surface area contributed by atoms with E-state index in [2.05, 4.69) is 20.2 Å². The molecule has 5 aromatic rings. The first kappa shape index (κ1) is 16.9. The van der Waals surface area contributed by atoms with Gasteiger partial charge >= 0.3 is 6.01 Å². The average Bonchev–Trinajstić information content (AvgIpc) is 3.51. The van der Waals surface area contributed by atoms with Gasteiger partial charge < -0.3 is 14.3 Å². The summed E-state index contributed by atoms with van der Waals surface area (Å²) in [4.78, 5) is 9.80. The largest absolute Gasteiger partial charge is 0.403 e. The predicted octanol–water partition coefficient (Wildman–Crippen LogP) is 3.40. The number of aromatic nitrogens is 6. The number of H-pyrrole nitrogens is 1. The smallest absolute Gasteiger partial charge is 0.319 e. The standard InChI is InChI=1S/C21H16FN7O/c22-14-6-4-13(5-7-14)20-25-26-21(30-20)28-10-8-16-18(24-12-23-16)19(28)17-11-15-3-1-2-9-29(15)27-17/h1-7,9,11-12,19H,8,10H2,(H,23,24). The highest BCUT2D eigenvalue weighted by atomic mass is 19.1. The highest BCUT2D eigenvalue weighted by Gasteiger charge is 2.35. The zero-order chi connectivity index (χ0) is 20.1. The molecule has 0 fully saturated rings. The van der Waals surface area contributed by atoms with Crippen molar-refractivity contribution in [2.75, 3.05) is 11.4 Å². The monoisotopic (exact) mass is 401 g/mol. The molecule has 1 N–H and O–H groups in total. The van der Waals surface area contributed by atoms with Crippen LogP contribution in [0.5, 0.6) is 0 Å². The third-order valence-corrected chi connectivity index (χ3v) is 5.35. The number of aromatic amines is 1. The molecule has 0 saturated carbocycles. The number of fused-ring (bicyclic) bond motifs is 2.